The third-order valence-electron chi connectivity index (χ3n) is 4.15. The molecule has 0 bridgehead atoms. The molecule has 24 heavy (non-hydrogen) atoms. The van der Waals surface area contributed by atoms with E-state index in [2.05, 4.69) is 5.32 Å². The average molecular weight is 347 g/mol. The monoisotopic (exact) mass is 346 g/mol. The van der Waals surface area contributed by atoms with Crippen LogP contribution in [0.4, 0.5) is 0 Å². The van der Waals surface area contributed by atoms with Crippen molar-refractivity contribution in [2.75, 3.05) is 6.54 Å². The fourth-order valence-corrected chi connectivity index (χ4v) is 3.00. The minimum absolute atomic E-state index is 0.0103. The normalized spacial score (nSPS) is 17.3. The van der Waals surface area contributed by atoms with Crippen molar-refractivity contribution < 1.29 is 14.0 Å². The van der Waals surface area contributed by atoms with Gasteiger partial charge in [-0.05, 0) is 36.2 Å². The maximum atomic E-state index is 12.4. The van der Waals surface area contributed by atoms with Gasteiger partial charge in [-0.1, -0.05) is 23.7 Å². The largest absolute Gasteiger partial charge is 0.469 e. The second-order valence-corrected chi connectivity index (χ2v) is 6.26. The number of nitrogens with zero attached hydrogens (tertiary/aromatic N) is 1. The van der Waals surface area contributed by atoms with Gasteiger partial charge in [-0.3, -0.25) is 9.59 Å². The first-order valence-corrected chi connectivity index (χ1v) is 8.35. The van der Waals surface area contributed by atoms with Crippen molar-refractivity contribution in [2.24, 2.45) is 0 Å². The molecule has 1 saturated heterocycles. The number of carbonyl (C=O) groups is 2. The van der Waals surface area contributed by atoms with Gasteiger partial charge in [0.15, 0.2) is 0 Å². The van der Waals surface area contributed by atoms with Gasteiger partial charge in [0.25, 0.3) is 0 Å². The van der Waals surface area contributed by atoms with Gasteiger partial charge < -0.3 is 14.6 Å². The van der Waals surface area contributed by atoms with Gasteiger partial charge in [0.2, 0.25) is 11.8 Å². The van der Waals surface area contributed by atoms with E-state index in [1.54, 1.807) is 23.3 Å². The fraction of sp³-hybridized carbons (Fsp3) is 0.333. The first-order chi connectivity index (χ1) is 11.6. The molecule has 2 aromatic rings. The van der Waals surface area contributed by atoms with Crippen molar-refractivity contribution in [3.8, 4) is 0 Å². The molecule has 1 fully saturated rings. The van der Waals surface area contributed by atoms with Gasteiger partial charge >= 0.3 is 0 Å². The Bertz CT molecular complexity index is 698. The summed E-state index contributed by atoms with van der Waals surface area (Å²) in [6.45, 7) is 0.915. The van der Waals surface area contributed by atoms with Crippen LogP contribution in [0.2, 0.25) is 5.02 Å². The molecule has 1 N–H and O–H groups in total. The first-order valence-electron chi connectivity index (χ1n) is 7.97. The summed E-state index contributed by atoms with van der Waals surface area (Å²) in [5.41, 5.74) is 0.961. The van der Waals surface area contributed by atoms with Gasteiger partial charge in [-0.15, -0.1) is 0 Å². The van der Waals surface area contributed by atoms with Crippen LogP contribution in [0.1, 0.15) is 24.2 Å². The number of amides is 2. The van der Waals surface area contributed by atoms with E-state index in [1.165, 1.54) is 0 Å². The number of benzene rings is 1. The number of hydrogen-bond donors (Lipinski definition) is 1. The van der Waals surface area contributed by atoms with E-state index in [0.29, 0.717) is 37.4 Å². The minimum Gasteiger partial charge on any atom is -0.469 e. The van der Waals surface area contributed by atoms with Crippen LogP contribution < -0.4 is 5.32 Å². The van der Waals surface area contributed by atoms with Gasteiger partial charge in [0, 0.05) is 31.0 Å². The van der Waals surface area contributed by atoms with E-state index in [-0.39, 0.29) is 11.8 Å². The van der Waals surface area contributed by atoms with E-state index in [9.17, 15) is 9.59 Å². The minimum atomic E-state index is -0.412. The lowest BCUT2D eigenvalue weighted by atomic mass is 10.1. The highest BCUT2D eigenvalue weighted by atomic mass is 35.5. The molecule has 1 aliphatic rings. The Balaban J connectivity index is 1.57. The Morgan fingerprint density at radius 3 is 2.79 bits per heavy atom. The number of halogens is 1. The summed E-state index contributed by atoms with van der Waals surface area (Å²) >= 11 is 5.88. The number of rotatable bonds is 6. The van der Waals surface area contributed by atoms with Crippen LogP contribution in [0.25, 0.3) is 0 Å². The Hall–Kier alpha value is -2.27. The quantitative estimate of drug-likeness (QED) is 0.874. The Morgan fingerprint density at radius 1 is 1.29 bits per heavy atom. The van der Waals surface area contributed by atoms with Crippen molar-refractivity contribution in [2.45, 2.75) is 31.8 Å². The molecule has 0 unspecified atom stereocenters. The van der Waals surface area contributed by atoms with Crippen molar-refractivity contribution in [1.82, 2.24) is 10.2 Å². The highest BCUT2D eigenvalue weighted by Crippen LogP contribution is 2.22. The molecular formula is C18H19ClN2O3. The van der Waals surface area contributed by atoms with Crippen LogP contribution in [0, 0.1) is 0 Å². The second kappa shape index (κ2) is 7.53. The zero-order valence-corrected chi connectivity index (χ0v) is 14.0. The number of likely N-dealkylation sites (tertiary alicyclic amines) is 1. The SMILES string of the molecule is O=C(NCCc1ccco1)[C@@H]1CCC(=O)N1Cc1ccc(Cl)cc1. The maximum Gasteiger partial charge on any atom is 0.242 e. The molecule has 1 aromatic carbocycles. The summed E-state index contributed by atoms with van der Waals surface area (Å²) < 4.78 is 5.24. The molecule has 3 rings (SSSR count). The summed E-state index contributed by atoms with van der Waals surface area (Å²) in [6, 6.07) is 10.6. The molecule has 2 heterocycles. The highest BCUT2D eigenvalue weighted by Gasteiger charge is 2.35. The second-order valence-electron chi connectivity index (χ2n) is 5.82. The van der Waals surface area contributed by atoms with Crippen LogP contribution in [-0.2, 0) is 22.6 Å². The first kappa shape index (κ1) is 16.6. The van der Waals surface area contributed by atoms with E-state index < -0.39 is 6.04 Å². The fourth-order valence-electron chi connectivity index (χ4n) is 2.87. The van der Waals surface area contributed by atoms with Crippen LogP contribution in [0.15, 0.2) is 47.1 Å². The zero-order valence-electron chi connectivity index (χ0n) is 13.2. The molecule has 0 saturated carbocycles. The molecule has 1 aliphatic heterocycles. The maximum absolute atomic E-state index is 12.4. The molecule has 126 valence electrons. The lowest BCUT2D eigenvalue weighted by Gasteiger charge is -2.24. The van der Waals surface area contributed by atoms with Gasteiger partial charge in [-0.2, -0.15) is 0 Å². The molecule has 1 aromatic heterocycles. The molecule has 0 spiro atoms. The van der Waals surface area contributed by atoms with Crippen LogP contribution in [-0.4, -0.2) is 29.3 Å². The molecule has 2 amide bonds. The molecular weight excluding hydrogens is 328 g/mol. The Morgan fingerprint density at radius 2 is 2.08 bits per heavy atom. The van der Waals surface area contributed by atoms with E-state index >= 15 is 0 Å². The molecule has 0 aliphatic carbocycles. The van der Waals surface area contributed by atoms with Crippen LogP contribution >= 0.6 is 11.6 Å². The molecule has 6 heteroatoms. The Labute approximate surface area is 145 Å². The molecule has 5 nitrogen and oxygen atoms in total. The molecule has 1 atom stereocenters. The Kier molecular flexibility index (Phi) is 5.20. The predicted molar refractivity (Wildman–Crippen MR) is 90.4 cm³/mol. The summed E-state index contributed by atoms with van der Waals surface area (Å²) in [5, 5.41) is 3.55. The lowest BCUT2D eigenvalue weighted by molar-refractivity contribution is -0.135. The third-order valence-corrected chi connectivity index (χ3v) is 4.40. The van der Waals surface area contributed by atoms with E-state index in [0.717, 1.165) is 11.3 Å². The highest BCUT2D eigenvalue weighted by molar-refractivity contribution is 6.30. The number of furan rings is 1. The molecule has 0 radical (unpaired) electrons. The third kappa shape index (κ3) is 3.97. The lowest BCUT2D eigenvalue weighted by Crippen LogP contribution is -2.44. The topological polar surface area (TPSA) is 62.6 Å². The van der Waals surface area contributed by atoms with Gasteiger partial charge in [-0.25, -0.2) is 0 Å². The number of carbonyl (C=O) groups excluding carboxylic acids is 2. The van der Waals surface area contributed by atoms with Crippen molar-refractivity contribution >= 4 is 23.4 Å². The van der Waals surface area contributed by atoms with Crippen molar-refractivity contribution in [1.29, 1.82) is 0 Å². The summed E-state index contributed by atoms with van der Waals surface area (Å²) in [4.78, 5) is 26.2. The van der Waals surface area contributed by atoms with E-state index in [1.807, 2.05) is 24.3 Å². The van der Waals surface area contributed by atoms with Crippen molar-refractivity contribution in [3.05, 3.63) is 59.0 Å². The number of hydrogen-bond acceptors (Lipinski definition) is 3. The van der Waals surface area contributed by atoms with Gasteiger partial charge in [0.1, 0.15) is 11.8 Å². The summed E-state index contributed by atoms with van der Waals surface area (Å²) in [6.07, 6.45) is 3.21. The number of nitrogens with one attached hydrogen (secondary N) is 1. The van der Waals surface area contributed by atoms with Crippen LogP contribution in [0.3, 0.4) is 0 Å². The summed E-state index contributed by atoms with van der Waals surface area (Å²) in [7, 11) is 0. The predicted octanol–water partition coefficient (Wildman–Crippen LogP) is 2.78. The average Bonchev–Trinajstić information content (AvgIpc) is 3.20. The summed E-state index contributed by atoms with van der Waals surface area (Å²) in [5.74, 6) is 0.730. The van der Waals surface area contributed by atoms with Gasteiger partial charge in [0.05, 0.1) is 6.26 Å². The zero-order chi connectivity index (χ0) is 16.9. The van der Waals surface area contributed by atoms with Crippen LogP contribution in [0.5, 0.6) is 0 Å². The standard InChI is InChI=1S/C18H19ClN2O3/c19-14-5-3-13(4-6-14)12-21-16(7-8-17(21)22)18(23)20-10-9-15-2-1-11-24-15/h1-6,11,16H,7-10,12H2,(H,20,23)/t16-/m0/s1. The van der Waals surface area contributed by atoms with E-state index in [4.69, 9.17) is 16.0 Å². The smallest absolute Gasteiger partial charge is 0.242 e. The van der Waals surface area contributed by atoms with Crippen molar-refractivity contribution in [3.63, 3.8) is 0 Å².